The molecule has 0 heterocycles. The second kappa shape index (κ2) is 6.07. The van der Waals surface area contributed by atoms with Gasteiger partial charge in [-0.2, -0.15) is 0 Å². The van der Waals surface area contributed by atoms with Gasteiger partial charge in [-0.25, -0.2) is 0 Å². The van der Waals surface area contributed by atoms with Gasteiger partial charge in [-0.05, 0) is 25.1 Å². The minimum atomic E-state index is -0.421. The predicted molar refractivity (Wildman–Crippen MR) is 61.9 cm³/mol. The van der Waals surface area contributed by atoms with Gasteiger partial charge in [0.1, 0.15) is 6.61 Å². The van der Waals surface area contributed by atoms with Crippen LogP contribution >= 0.6 is 0 Å². The Kier molecular flexibility index (Phi) is 4.72. The molecular formula is C11H16N2O3. The van der Waals surface area contributed by atoms with Crippen LogP contribution in [0.5, 0.6) is 5.75 Å². The molecule has 1 rings (SSSR count). The third-order valence-corrected chi connectivity index (χ3v) is 2.10. The van der Waals surface area contributed by atoms with Gasteiger partial charge in [0.2, 0.25) is 0 Å². The zero-order valence-electron chi connectivity index (χ0n) is 9.53. The molecule has 0 aliphatic carbocycles. The number of likely N-dealkylation sites (N-methyl/N-ethyl adjacent to an activating group) is 1. The number of ether oxygens (including phenoxy) is 1. The van der Waals surface area contributed by atoms with Crippen LogP contribution in [0.2, 0.25) is 0 Å². The summed E-state index contributed by atoms with van der Waals surface area (Å²) in [6.07, 6.45) is 0. The molecule has 0 unspecified atom stereocenters. The molecule has 5 heteroatoms. The maximum Gasteiger partial charge on any atom is 0.311 e. The van der Waals surface area contributed by atoms with Crippen molar-refractivity contribution in [3.05, 3.63) is 33.9 Å². The van der Waals surface area contributed by atoms with Crippen LogP contribution in [0.25, 0.3) is 0 Å². The topological polar surface area (TPSA) is 64.4 Å². The molecule has 88 valence electrons. The number of rotatable bonds is 6. The highest BCUT2D eigenvalue weighted by molar-refractivity contribution is 5.48. The fourth-order valence-electron chi connectivity index (χ4n) is 1.30. The third kappa shape index (κ3) is 3.51. The lowest BCUT2D eigenvalue weighted by atomic mass is 10.2. The first-order valence-corrected chi connectivity index (χ1v) is 5.23. The van der Waals surface area contributed by atoms with Gasteiger partial charge >= 0.3 is 5.69 Å². The summed E-state index contributed by atoms with van der Waals surface area (Å²) in [7, 11) is 0. The van der Waals surface area contributed by atoms with Crippen LogP contribution in [0.15, 0.2) is 18.2 Å². The number of benzene rings is 1. The average Bonchev–Trinajstić information content (AvgIpc) is 2.26. The van der Waals surface area contributed by atoms with Gasteiger partial charge < -0.3 is 10.1 Å². The van der Waals surface area contributed by atoms with Gasteiger partial charge in [0.25, 0.3) is 0 Å². The molecule has 0 saturated heterocycles. The van der Waals surface area contributed by atoms with Crippen molar-refractivity contribution in [1.29, 1.82) is 0 Å². The van der Waals surface area contributed by atoms with Gasteiger partial charge in [0.05, 0.1) is 4.92 Å². The molecule has 1 aromatic carbocycles. The van der Waals surface area contributed by atoms with Crippen molar-refractivity contribution in [3.63, 3.8) is 0 Å². The van der Waals surface area contributed by atoms with Gasteiger partial charge in [0.15, 0.2) is 5.75 Å². The number of nitrogens with one attached hydrogen (secondary N) is 1. The monoisotopic (exact) mass is 224 g/mol. The fourth-order valence-corrected chi connectivity index (χ4v) is 1.30. The van der Waals surface area contributed by atoms with Crippen LogP contribution in [-0.4, -0.2) is 24.6 Å². The van der Waals surface area contributed by atoms with E-state index in [2.05, 4.69) is 5.32 Å². The molecule has 0 spiro atoms. The molecule has 5 nitrogen and oxygen atoms in total. The Hall–Kier alpha value is -1.62. The summed E-state index contributed by atoms with van der Waals surface area (Å²) in [5, 5.41) is 13.9. The van der Waals surface area contributed by atoms with Crippen LogP contribution in [0.3, 0.4) is 0 Å². The Morgan fingerprint density at radius 2 is 2.25 bits per heavy atom. The molecule has 0 saturated carbocycles. The summed E-state index contributed by atoms with van der Waals surface area (Å²) in [5.41, 5.74) is 0.877. The molecule has 0 amide bonds. The van der Waals surface area contributed by atoms with Crippen molar-refractivity contribution in [2.45, 2.75) is 13.8 Å². The summed E-state index contributed by atoms with van der Waals surface area (Å²) in [5.74, 6) is 0.327. The predicted octanol–water partition coefficient (Wildman–Crippen LogP) is 1.89. The Morgan fingerprint density at radius 3 is 2.88 bits per heavy atom. The first-order valence-electron chi connectivity index (χ1n) is 5.23. The zero-order valence-corrected chi connectivity index (χ0v) is 9.53. The van der Waals surface area contributed by atoms with Crippen molar-refractivity contribution in [1.82, 2.24) is 5.32 Å². The highest BCUT2D eigenvalue weighted by Crippen LogP contribution is 2.27. The maximum atomic E-state index is 10.8. The number of hydrogen-bond donors (Lipinski definition) is 1. The van der Waals surface area contributed by atoms with E-state index in [4.69, 9.17) is 4.74 Å². The number of hydrogen-bond acceptors (Lipinski definition) is 4. The first kappa shape index (κ1) is 12.4. The number of nitro groups is 1. The van der Waals surface area contributed by atoms with E-state index in [1.54, 1.807) is 12.1 Å². The lowest BCUT2D eigenvalue weighted by molar-refractivity contribution is -0.385. The molecule has 0 fully saturated rings. The molecule has 0 radical (unpaired) electrons. The standard InChI is InChI=1S/C11H16N2O3/c1-3-12-6-7-16-11-5-4-9(2)8-10(11)13(14)15/h4-5,8,12H,3,6-7H2,1-2H3. The zero-order chi connectivity index (χ0) is 12.0. The molecule has 0 atom stereocenters. The van der Waals surface area contributed by atoms with Crippen molar-refractivity contribution in [2.24, 2.45) is 0 Å². The normalized spacial score (nSPS) is 10.1. The first-order chi connectivity index (χ1) is 7.65. The lowest BCUT2D eigenvalue weighted by Crippen LogP contribution is -2.20. The quantitative estimate of drug-likeness (QED) is 0.455. The van der Waals surface area contributed by atoms with Crippen LogP contribution in [0.4, 0.5) is 5.69 Å². The lowest BCUT2D eigenvalue weighted by Gasteiger charge is -2.07. The smallest absolute Gasteiger partial charge is 0.311 e. The Morgan fingerprint density at radius 1 is 1.50 bits per heavy atom. The SMILES string of the molecule is CCNCCOc1ccc(C)cc1[N+](=O)[O-]. The van der Waals surface area contributed by atoms with Crippen LogP contribution in [0, 0.1) is 17.0 Å². The molecule has 0 aromatic heterocycles. The van der Waals surface area contributed by atoms with E-state index in [0.717, 1.165) is 12.1 Å². The van der Waals surface area contributed by atoms with E-state index in [1.165, 1.54) is 6.07 Å². The van der Waals surface area contributed by atoms with Crippen molar-refractivity contribution < 1.29 is 9.66 Å². The van der Waals surface area contributed by atoms with Crippen LogP contribution in [0.1, 0.15) is 12.5 Å². The molecule has 0 aliphatic heterocycles. The molecular weight excluding hydrogens is 208 g/mol. The van der Waals surface area contributed by atoms with Crippen LogP contribution < -0.4 is 10.1 Å². The summed E-state index contributed by atoms with van der Waals surface area (Å²) in [4.78, 5) is 10.4. The Balaban J connectivity index is 2.67. The highest BCUT2D eigenvalue weighted by Gasteiger charge is 2.14. The van der Waals surface area contributed by atoms with Crippen molar-refractivity contribution in [2.75, 3.05) is 19.7 Å². The molecule has 0 bridgehead atoms. The second-order valence-electron chi connectivity index (χ2n) is 3.43. The van der Waals surface area contributed by atoms with Crippen molar-refractivity contribution in [3.8, 4) is 5.75 Å². The summed E-state index contributed by atoms with van der Waals surface area (Å²) >= 11 is 0. The average molecular weight is 224 g/mol. The highest BCUT2D eigenvalue weighted by atomic mass is 16.6. The number of nitro benzene ring substituents is 1. The third-order valence-electron chi connectivity index (χ3n) is 2.10. The van der Waals surface area contributed by atoms with E-state index >= 15 is 0 Å². The Bertz CT molecular complexity index is 366. The molecule has 0 aliphatic rings. The van der Waals surface area contributed by atoms with Gasteiger partial charge in [-0.3, -0.25) is 10.1 Å². The molecule has 16 heavy (non-hydrogen) atoms. The van der Waals surface area contributed by atoms with Crippen LogP contribution in [-0.2, 0) is 0 Å². The number of aryl methyl sites for hydroxylation is 1. The molecule has 1 N–H and O–H groups in total. The van der Waals surface area contributed by atoms with Crippen molar-refractivity contribution >= 4 is 5.69 Å². The minimum absolute atomic E-state index is 0.0245. The van der Waals surface area contributed by atoms with Gasteiger partial charge in [-0.1, -0.05) is 13.0 Å². The van der Waals surface area contributed by atoms with Gasteiger partial charge in [0, 0.05) is 12.6 Å². The van der Waals surface area contributed by atoms with E-state index < -0.39 is 4.92 Å². The number of nitrogens with zero attached hydrogens (tertiary/aromatic N) is 1. The Labute approximate surface area is 94.6 Å². The fraction of sp³-hybridized carbons (Fsp3) is 0.455. The van der Waals surface area contributed by atoms with E-state index in [0.29, 0.717) is 18.9 Å². The largest absolute Gasteiger partial charge is 0.485 e. The summed E-state index contributed by atoms with van der Waals surface area (Å²) in [6, 6.07) is 4.96. The second-order valence-corrected chi connectivity index (χ2v) is 3.43. The van der Waals surface area contributed by atoms with E-state index in [1.807, 2.05) is 13.8 Å². The maximum absolute atomic E-state index is 10.8. The molecule has 1 aromatic rings. The summed E-state index contributed by atoms with van der Waals surface area (Å²) in [6.45, 7) is 5.78. The van der Waals surface area contributed by atoms with E-state index in [9.17, 15) is 10.1 Å². The van der Waals surface area contributed by atoms with Gasteiger partial charge in [-0.15, -0.1) is 0 Å². The summed E-state index contributed by atoms with van der Waals surface area (Å²) < 4.78 is 5.35. The van der Waals surface area contributed by atoms with E-state index in [-0.39, 0.29) is 5.69 Å². The minimum Gasteiger partial charge on any atom is -0.485 e.